The van der Waals surface area contributed by atoms with Gasteiger partial charge in [0.2, 0.25) is 15.9 Å². The lowest BCUT2D eigenvalue weighted by Gasteiger charge is -2.26. The summed E-state index contributed by atoms with van der Waals surface area (Å²) in [6.45, 7) is 4.33. The van der Waals surface area contributed by atoms with Crippen LogP contribution in [-0.2, 0) is 19.6 Å². The molecule has 166 valence electrons. The molecule has 1 fully saturated rings. The van der Waals surface area contributed by atoms with Gasteiger partial charge in [-0.2, -0.15) is 4.31 Å². The minimum Gasteiger partial charge on any atom is -0.495 e. The highest BCUT2D eigenvalue weighted by molar-refractivity contribution is 7.89. The van der Waals surface area contributed by atoms with Crippen LogP contribution in [0.1, 0.15) is 22.8 Å². The molecule has 0 aliphatic carbocycles. The van der Waals surface area contributed by atoms with E-state index in [4.69, 9.17) is 9.47 Å². The highest BCUT2D eigenvalue weighted by Gasteiger charge is 2.30. The number of morpholine rings is 1. The average molecular weight is 448 g/mol. The summed E-state index contributed by atoms with van der Waals surface area (Å²) in [6.07, 6.45) is 0. The molecule has 1 aliphatic rings. The van der Waals surface area contributed by atoms with Crippen LogP contribution in [0, 0.1) is 6.92 Å². The van der Waals surface area contributed by atoms with Crippen LogP contribution in [0.25, 0.3) is 0 Å². The summed E-state index contributed by atoms with van der Waals surface area (Å²) < 4.78 is 38.0. The number of sulfonamides is 1. The number of nitrogens with one attached hydrogen (secondary N) is 2. The zero-order valence-corrected chi connectivity index (χ0v) is 18.4. The van der Waals surface area contributed by atoms with Gasteiger partial charge in [-0.3, -0.25) is 9.59 Å². The van der Waals surface area contributed by atoms with Crippen molar-refractivity contribution in [2.45, 2.75) is 18.7 Å². The number of aryl methyl sites for hydroxylation is 1. The molecule has 2 aromatic rings. The number of rotatable bonds is 6. The summed E-state index contributed by atoms with van der Waals surface area (Å²) in [7, 11) is -2.48. The fourth-order valence-electron chi connectivity index (χ4n) is 3.17. The standard InChI is InChI=1S/C21H25N3O6S/c1-14-4-6-17(13-18(14)22-15(2)25)23-21(26)16-5-7-19(29-3)20(12-16)31(27,28)24-8-10-30-11-9-24/h4-7,12-13H,8-11H2,1-3H3,(H,22,25)(H,23,26). The van der Waals surface area contributed by atoms with Crippen molar-refractivity contribution in [1.29, 1.82) is 0 Å². The fraction of sp³-hybridized carbons (Fsp3) is 0.333. The number of hydrogen-bond acceptors (Lipinski definition) is 6. The number of ether oxygens (including phenoxy) is 2. The number of amides is 2. The maximum absolute atomic E-state index is 13.1. The van der Waals surface area contributed by atoms with Crippen molar-refractivity contribution in [1.82, 2.24) is 4.31 Å². The summed E-state index contributed by atoms with van der Waals surface area (Å²) in [6, 6.07) is 9.37. The van der Waals surface area contributed by atoms with Crippen LogP contribution >= 0.6 is 0 Å². The SMILES string of the molecule is COc1ccc(C(=O)Nc2ccc(C)c(NC(C)=O)c2)cc1S(=O)(=O)N1CCOCC1. The smallest absolute Gasteiger partial charge is 0.255 e. The molecule has 0 bridgehead atoms. The molecule has 0 radical (unpaired) electrons. The van der Waals surface area contributed by atoms with E-state index >= 15 is 0 Å². The van der Waals surface area contributed by atoms with Gasteiger partial charge in [0.25, 0.3) is 5.91 Å². The topological polar surface area (TPSA) is 114 Å². The minimum atomic E-state index is -3.86. The molecule has 1 heterocycles. The van der Waals surface area contributed by atoms with Crippen molar-refractivity contribution >= 4 is 33.2 Å². The van der Waals surface area contributed by atoms with Gasteiger partial charge in [-0.15, -0.1) is 0 Å². The molecule has 0 atom stereocenters. The average Bonchev–Trinajstić information content (AvgIpc) is 2.75. The van der Waals surface area contributed by atoms with Crippen molar-refractivity contribution in [3.05, 3.63) is 47.5 Å². The van der Waals surface area contributed by atoms with E-state index in [1.165, 1.54) is 36.5 Å². The maximum Gasteiger partial charge on any atom is 0.255 e. The molecule has 1 aliphatic heterocycles. The second-order valence-electron chi connectivity index (χ2n) is 7.05. The van der Waals surface area contributed by atoms with Gasteiger partial charge in [0.15, 0.2) is 0 Å². The third kappa shape index (κ3) is 5.22. The van der Waals surface area contributed by atoms with E-state index in [0.29, 0.717) is 24.6 Å². The Bertz CT molecular complexity index is 1090. The predicted molar refractivity (Wildman–Crippen MR) is 116 cm³/mol. The van der Waals surface area contributed by atoms with Crippen molar-refractivity contribution < 1.29 is 27.5 Å². The van der Waals surface area contributed by atoms with Crippen LogP contribution < -0.4 is 15.4 Å². The molecular weight excluding hydrogens is 422 g/mol. The largest absolute Gasteiger partial charge is 0.495 e. The Morgan fingerprint density at radius 3 is 2.42 bits per heavy atom. The summed E-state index contributed by atoms with van der Waals surface area (Å²) in [4.78, 5) is 24.1. The van der Waals surface area contributed by atoms with Gasteiger partial charge in [-0.25, -0.2) is 8.42 Å². The van der Waals surface area contributed by atoms with E-state index in [9.17, 15) is 18.0 Å². The zero-order chi connectivity index (χ0) is 22.6. The van der Waals surface area contributed by atoms with E-state index in [1.54, 1.807) is 18.2 Å². The molecule has 0 spiro atoms. The summed E-state index contributed by atoms with van der Waals surface area (Å²) >= 11 is 0. The lowest BCUT2D eigenvalue weighted by molar-refractivity contribution is -0.114. The van der Waals surface area contributed by atoms with Crippen LogP contribution in [0.5, 0.6) is 5.75 Å². The Morgan fingerprint density at radius 1 is 1.06 bits per heavy atom. The maximum atomic E-state index is 13.1. The Balaban J connectivity index is 1.89. The number of methoxy groups -OCH3 is 1. The van der Waals surface area contributed by atoms with E-state index in [-0.39, 0.29) is 35.2 Å². The van der Waals surface area contributed by atoms with Gasteiger partial charge >= 0.3 is 0 Å². The second kappa shape index (κ2) is 9.46. The molecule has 0 unspecified atom stereocenters. The molecule has 10 heteroatoms. The van der Waals surface area contributed by atoms with Crippen molar-refractivity contribution in [2.75, 3.05) is 44.0 Å². The number of benzene rings is 2. The molecule has 3 rings (SSSR count). The van der Waals surface area contributed by atoms with E-state index in [0.717, 1.165) is 5.56 Å². The Kier molecular flexibility index (Phi) is 6.94. The number of anilines is 2. The monoisotopic (exact) mass is 447 g/mol. The van der Waals surface area contributed by atoms with Crippen molar-refractivity contribution in [3.63, 3.8) is 0 Å². The summed E-state index contributed by atoms with van der Waals surface area (Å²) in [5.41, 5.74) is 2.05. The van der Waals surface area contributed by atoms with Gasteiger partial charge < -0.3 is 20.1 Å². The molecule has 0 aromatic heterocycles. The normalized spacial score (nSPS) is 14.7. The molecule has 2 aromatic carbocycles. The Labute approximate surface area is 181 Å². The third-order valence-corrected chi connectivity index (χ3v) is 6.74. The highest BCUT2D eigenvalue weighted by atomic mass is 32.2. The summed E-state index contributed by atoms with van der Waals surface area (Å²) in [5.74, 6) is -0.551. The first-order valence-electron chi connectivity index (χ1n) is 9.68. The number of carbonyl (C=O) groups excluding carboxylic acids is 2. The quantitative estimate of drug-likeness (QED) is 0.702. The van der Waals surface area contributed by atoms with Gasteiger partial charge in [0.05, 0.1) is 20.3 Å². The predicted octanol–water partition coefficient (Wildman–Crippen LogP) is 2.24. The molecular formula is C21H25N3O6S. The first kappa shape index (κ1) is 22.7. The highest BCUT2D eigenvalue weighted by Crippen LogP contribution is 2.29. The Hall–Kier alpha value is -2.95. The van der Waals surface area contributed by atoms with E-state index in [1.807, 2.05) is 6.92 Å². The van der Waals surface area contributed by atoms with Crippen LogP contribution in [0.3, 0.4) is 0 Å². The summed E-state index contributed by atoms with van der Waals surface area (Å²) in [5, 5.41) is 5.44. The van der Waals surface area contributed by atoms with Gasteiger partial charge in [-0.05, 0) is 42.8 Å². The van der Waals surface area contributed by atoms with E-state index < -0.39 is 15.9 Å². The van der Waals surface area contributed by atoms with Crippen LogP contribution in [0.2, 0.25) is 0 Å². The Morgan fingerprint density at radius 2 is 1.77 bits per heavy atom. The van der Waals surface area contributed by atoms with Crippen LogP contribution in [0.15, 0.2) is 41.3 Å². The lowest BCUT2D eigenvalue weighted by Crippen LogP contribution is -2.40. The molecule has 1 saturated heterocycles. The first-order chi connectivity index (χ1) is 14.7. The first-order valence-corrected chi connectivity index (χ1v) is 11.1. The molecule has 9 nitrogen and oxygen atoms in total. The third-order valence-electron chi connectivity index (χ3n) is 4.82. The zero-order valence-electron chi connectivity index (χ0n) is 17.6. The van der Waals surface area contributed by atoms with Gasteiger partial charge in [-0.1, -0.05) is 6.07 Å². The number of hydrogen-bond donors (Lipinski definition) is 2. The molecule has 31 heavy (non-hydrogen) atoms. The number of nitrogens with zero attached hydrogens (tertiary/aromatic N) is 1. The second-order valence-corrected chi connectivity index (χ2v) is 8.95. The van der Waals surface area contributed by atoms with E-state index in [2.05, 4.69) is 10.6 Å². The number of carbonyl (C=O) groups is 2. The van der Waals surface area contributed by atoms with Crippen LogP contribution in [0.4, 0.5) is 11.4 Å². The minimum absolute atomic E-state index is 0.0765. The van der Waals surface area contributed by atoms with Gasteiger partial charge in [0.1, 0.15) is 10.6 Å². The fourth-order valence-corrected chi connectivity index (χ4v) is 4.76. The molecule has 2 N–H and O–H groups in total. The molecule has 2 amide bonds. The van der Waals surface area contributed by atoms with Gasteiger partial charge in [0, 0.05) is 37.0 Å². The molecule has 0 saturated carbocycles. The van der Waals surface area contributed by atoms with Crippen LogP contribution in [-0.4, -0.2) is 58.0 Å². The van der Waals surface area contributed by atoms with Crippen molar-refractivity contribution in [3.8, 4) is 5.75 Å². The van der Waals surface area contributed by atoms with Crippen molar-refractivity contribution in [2.24, 2.45) is 0 Å². The lowest BCUT2D eigenvalue weighted by atomic mass is 10.1.